The zero-order valence-electron chi connectivity index (χ0n) is 18.9. The van der Waals surface area contributed by atoms with Crippen LogP contribution in [0.2, 0.25) is 0 Å². The zero-order valence-corrected chi connectivity index (χ0v) is 21.2. The third-order valence-electron chi connectivity index (χ3n) is 5.23. The molecule has 0 radical (unpaired) electrons. The number of anilines is 1. The molecule has 0 fully saturated rings. The highest BCUT2D eigenvalue weighted by Crippen LogP contribution is 2.29. The molecule has 1 aromatic heterocycles. The first kappa shape index (κ1) is 24.4. The molecule has 0 unspecified atom stereocenters. The summed E-state index contributed by atoms with van der Waals surface area (Å²) in [5.41, 5.74) is 5.41. The van der Waals surface area contributed by atoms with E-state index in [4.69, 9.17) is 9.47 Å². The molecule has 172 valence electrons. The maximum absolute atomic E-state index is 5.36. The molecule has 33 heavy (non-hydrogen) atoms. The van der Waals surface area contributed by atoms with Crippen molar-refractivity contribution in [2.75, 3.05) is 26.6 Å². The minimum absolute atomic E-state index is 0. The third kappa shape index (κ3) is 5.95. The summed E-state index contributed by atoms with van der Waals surface area (Å²) in [5, 5.41) is 6.62. The van der Waals surface area contributed by atoms with E-state index in [1.165, 1.54) is 11.1 Å². The lowest BCUT2D eigenvalue weighted by Crippen LogP contribution is -2.30. The SMILES string of the molecule is CN=C(NCc1ccc(Cn2cnc3ccccc32)cc1)Nc1ccc(OC)c(OC)c1.I. The van der Waals surface area contributed by atoms with Gasteiger partial charge in [0.2, 0.25) is 0 Å². The van der Waals surface area contributed by atoms with Gasteiger partial charge in [0.05, 0.1) is 31.6 Å². The van der Waals surface area contributed by atoms with Crippen molar-refractivity contribution in [3.63, 3.8) is 0 Å². The molecule has 8 heteroatoms. The van der Waals surface area contributed by atoms with Gasteiger partial charge in [-0.3, -0.25) is 4.99 Å². The van der Waals surface area contributed by atoms with E-state index >= 15 is 0 Å². The van der Waals surface area contributed by atoms with Crippen LogP contribution in [-0.2, 0) is 13.1 Å². The predicted octanol–water partition coefficient (Wildman–Crippen LogP) is 4.91. The smallest absolute Gasteiger partial charge is 0.195 e. The average Bonchev–Trinajstić information content (AvgIpc) is 3.25. The summed E-state index contributed by atoms with van der Waals surface area (Å²) in [6.07, 6.45) is 1.89. The van der Waals surface area contributed by atoms with Gasteiger partial charge in [-0.25, -0.2) is 4.98 Å². The summed E-state index contributed by atoms with van der Waals surface area (Å²) in [4.78, 5) is 8.77. The second-order valence-electron chi connectivity index (χ2n) is 7.30. The Morgan fingerprint density at radius 3 is 2.39 bits per heavy atom. The van der Waals surface area contributed by atoms with Crippen molar-refractivity contribution in [3.05, 3.63) is 84.2 Å². The molecule has 0 saturated heterocycles. The maximum atomic E-state index is 5.36. The van der Waals surface area contributed by atoms with Crippen molar-refractivity contribution in [3.8, 4) is 11.5 Å². The fourth-order valence-corrected chi connectivity index (χ4v) is 3.51. The lowest BCUT2D eigenvalue weighted by molar-refractivity contribution is 0.355. The zero-order chi connectivity index (χ0) is 22.3. The van der Waals surface area contributed by atoms with Crippen molar-refractivity contribution in [2.24, 2.45) is 4.99 Å². The number of para-hydroxylation sites is 2. The monoisotopic (exact) mass is 557 g/mol. The Labute approximate surface area is 210 Å². The molecule has 0 saturated carbocycles. The Morgan fingerprint density at radius 1 is 0.939 bits per heavy atom. The molecule has 7 nitrogen and oxygen atoms in total. The van der Waals surface area contributed by atoms with Gasteiger partial charge in [0, 0.05) is 31.9 Å². The van der Waals surface area contributed by atoms with Crippen LogP contribution in [0.25, 0.3) is 11.0 Å². The minimum atomic E-state index is 0. The summed E-state index contributed by atoms with van der Waals surface area (Å²) in [7, 11) is 4.98. The third-order valence-corrected chi connectivity index (χ3v) is 5.23. The molecule has 3 aromatic carbocycles. The molecule has 2 N–H and O–H groups in total. The summed E-state index contributed by atoms with van der Waals surface area (Å²) < 4.78 is 12.8. The molecule has 0 spiro atoms. The number of guanidine groups is 1. The minimum Gasteiger partial charge on any atom is -0.493 e. The van der Waals surface area contributed by atoms with Crippen LogP contribution in [0, 0.1) is 0 Å². The molecule has 4 aromatic rings. The van der Waals surface area contributed by atoms with Gasteiger partial charge in [-0.15, -0.1) is 24.0 Å². The summed E-state index contributed by atoms with van der Waals surface area (Å²) in [5.74, 6) is 2.02. The first-order valence-electron chi connectivity index (χ1n) is 10.4. The van der Waals surface area contributed by atoms with E-state index in [1.807, 2.05) is 42.7 Å². The van der Waals surface area contributed by atoms with E-state index in [9.17, 15) is 0 Å². The summed E-state index contributed by atoms with van der Waals surface area (Å²) >= 11 is 0. The molecule has 0 amide bonds. The van der Waals surface area contributed by atoms with Gasteiger partial charge in [0.1, 0.15) is 0 Å². The van der Waals surface area contributed by atoms with E-state index in [0.29, 0.717) is 24.0 Å². The van der Waals surface area contributed by atoms with Gasteiger partial charge in [0.25, 0.3) is 0 Å². The number of halogens is 1. The molecule has 0 aliphatic carbocycles. The van der Waals surface area contributed by atoms with Crippen molar-refractivity contribution in [2.45, 2.75) is 13.1 Å². The largest absolute Gasteiger partial charge is 0.493 e. The number of ether oxygens (including phenoxy) is 2. The normalized spacial score (nSPS) is 11.1. The van der Waals surface area contributed by atoms with Gasteiger partial charge < -0.3 is 24.7 Å². The van der Waals surface area contributed by atoms with Crippen LogP contribution in [0.3, 0.4) is 0 Å². The molecule has 0 aliphatic rings. The first-order valence-corrected chi connectivity index (χ1v) is 10.4. The number of aromatic nitrogens is 2. The molecular weight excluding hydrogens is 529 g/mol. The van der Waals surface area contributed by atoms with Gasteiger partial charge in [-0.2, -0.15) is 0 Å². The van der Waals surface area contributed by atoms with E-state index in [2.05, 4.69) is 55.5 Å². The number of fused-ring (bicyclic) bond motifs is 1. The van der Waals surface area contributed by atoms with E-state index < -0.39 is 0 Å². The lowest BCUT2D eigenvalue weighted by atomic mass is 10.1. The number of imidazole rings is 1. The molecule has 1 heterocycles. The topological polar surface area (TPSA) is 72.7 Å². The Morgan fingerprint density at radius 2 is 1.67 bits per heavy atom. The van der Waals surface area contributed by atoms with E-state index in [1.54, 1.807) is 21.3 Å². The van der Waals surface area contributed by atoms with Gasteiger partial charge in [0.15, 0.2) is 17.5 Å². The van der Waals surface area contributed by atoms with Gasteiger partial charge in [-0.05, 0) is 35.4 Å². The molecular formula is C25H28IN5O2. The maximum Gasteiger partial charge on any atom is 0.195 e. The Kier molecular flexibility index (Phi) is 8.53. The fourth-order valence-electron chi connectivity index (χ4n) is 3.51. The molecule has 0 aliphatic heterocycles. The Balaban J connectivity index is 0.00000306. The number of aliphatic imine (C=N–C) groups is 1. The quantitative estimate of drug-likeness (QED) is 0.192. The number of methoxy groups -OCH3 is 2. The second kappa shape index (κ2) is 11.6. The van der Waals surface area contributed by atoms with Crippen LogP contribution >= 0.6 is 24.0 Å². The van der Waals surface area contributed by atoms with Crippen LogP contribution in [0.4, 0.5) is 5.69 Å². The molecule has 0 atom stereocenters. The highest BCUT2D eigenvalue weighted by molar-refractivity contribution is 14.0. The highest BCUT2D eigenvalue weighted by Gasteiger charge is 2.07. The standard InChI is InChI=1S/C25H27N5O2.HI/c1-26-25(29-20-12-13-23(31-2)24(14-20)32-3)27-15-18-8-10-19(11-9-18)16-30-17-28-21-6-4-5-7-22(21)30;/h4-14,17H,15-16H2,1-3H3,(H2,26,27,29);1H. The Hall–Kier alpha value is -3.27. The van der Waals surface area contributed by atoms with Gasteiger partial charge >= 0.3 is 0 Å². The van der Waals surface area contributed by atoms with E-state index in [-0.39, 0.29) is 24.0 Å². The van der Waals surface area contributed by atoms with Crippen molar-refractivity contribution in [1.82, 2.24) is 14.9 Å². The lowest BCUT2D eigenvalue weighted by Gasteiger charge is -2.14. The number of benzene rings is 3. The molecule has 4 rings (SSSR count). The number of hydrogen-bond donors (Lipinski definition) is 2. The average molecular weight is 557 g/mol. The van der Waals surface area contributed by atoms with E-state index in [0.717, 1.165) is 23.3 Å². The number of hydrogen-bond acceptors (Lipinski definition) is 4. The van der Waals surface area contributed by atoms with Crippen LogP contribution in [0.1, 0.15) is 11.1 Å². The van der Waals surface area contributed by atoms with Crippen LogP contribution in [0.5, 0.6) is 11.5 Å². The fraction of sp³-hybridized carbons (Fsp3) is 0.200. The Bertz CT molecular complexity index is 1220. The second-order valence-corrected chi connectivity index (χ2v) is 7.30. The summed E-state index contributed by atoms with van der Waals surface area (Å²) in [6, 6.07) is 22.4. The predicted molar refractivity (Wildman–Crippen MR) is 144 cm³/mol. The number of rotatable bonds is 7. The van der Waals surface area contributed by atoms with Crippen LogP contribution < -0.4 is 20.1 Å². The summed E-state index contributed by atoms with van der Waals surface area (Å²) in [6.45, 7) is 1.44. The van der Waals surface area contributed by atoms with Crippen LogP contribution in [-0.4, -0.2) is 36.8 Å². The first-order chi connectivity index (χ1) is 15.7. The highest BCUT2D eigenvalue weighted by atomic mass is 127. The molecule has 0 bridgehead atoms. The van der Waals surface area contributed by atoms with Crippen LogP contribution in [0.15, 0.2) is 78.0 Å². The van der Waals surface area contributed by atoms with Gasteiger partial charge in [-0.1, -0.05) is 36.4 Å². The van der Waals surface area contributed by atoms with Crippen molar-refractivity contribution in [1.29, 1.82) is 0 Å². The number of nitrogens with one attached hydrogen (secondary N) is 2. The van der Waals surface area contributed by atoms with Crippen molar-refractivity contribution >= 4 is 46.7 Å². The van der Waals surface area contributed by atoms with Crippen molar-refractivity contribution < 1.29 is 9.47 Å². The number of nitrogens with zero attached hydrogens (tertiary/aromatic N) is 3.